The lowest BCUT2D eigenvalue weighted by atomic mass is 9.83. The average molecular weight is 475 g/mol. The van der Waals surface area contributed by atoms with Gasteiger partial charge in [-0.05, 0) is 55.5 Å². The molecule has 2 fully saturated rings. The Morgan fingerprint density at radius 1 is 1.09 bits per heavy atom. The summed E-state index contributed by atoms with van der Waals surface area (Å²) >= 11 is 0. The van der Waals surface area contributed by atoms with Crippen molar-refractivity contribution in [1.82, 2.24) is 15.5 Å². The molecule has 3 unspecified atom stereocenters. The molecule has 0 aliphatic carbocycles. The fourth-order valence-electron chi connectivity index (χ4n) is 4.71. The minimum absolute atomic E-state index is 0.275. The fourth-order valence-corrected chi connectivity index (χ4v) is 4.71. The molecule has 8 nitrogen and oxygen atoms in total. The summed E-state index contributed by atoms with van der Waals surface area (Å²) in [6, 6.07) is 16.2. The number of aliphatic hydroxyl groups excluding tert-OH is 1. The number of urea groups is 1. The van der Waals surface area contributed by atoms with E-state index in [0.29, 0.717) is 19.0 Å². The van der Waals surface area contributed by atoms with E-state index in [4.69, 9.17) is 5.73 Å². The van der Waals surface area contributed by atoms with Crippen molar-refractivity contribution in [3.8, 4) is 11.8 Å². The molecule has 182 valence electrons. The molecule has 0 aromatic heterocycles. The number of rotatable bonds is 5. The summed E-state index contributed by atoms with van der Waals surface area (Å²) in [6.45, 7) is 2.50. The molecule has 2 heterocycles. The number of nitrogens with two attached hydrogens (primary N) is 1. The summed E-state index contributed by atoms with van der Waals surface area (Å²) in [6.07, 6.45) is 0.192. The molecule has 2 aliphatic heterocycles. The first-order valence-corrected chi connectivity index (χ1v) is 11.8. The highest BCUT2D eigenvalue weighted by Crippen LogP contribution is 2.30. The third kappa shape index (κ3) is 5.37. The summed E-state index contributed by atoms with van der Waals surface area (Å²) in [5.74, 6) is 5.70. The van der Waals surface area contributed by atoms with E-state index in [2.05, 4.69) is 34.6 Å². The lowest BCUT2D eigenvalue weighted by Gasteiger charge is -2.37. The molecular formula is C27H30N4O4. The van der Waals surface area contributed by atoms with Crippen LogP contribution in [0.4, 0.5) is 4.79 Å². The van der Waals surface area contributed by atoms with E-state index in [1.807, 2.05) is 42.5 Å². The van der Waals surface area contributed by atoms with Crippen molar-refractivity contribution in [3.05, 3.63) is 71.3 Å². The van der Waals surface area contributed by atoms with Gasteiger partial charge in [-0.25, -0.2) is 4.79 Å². The first-order chi connectivity index (χ1) is 16.8. The average Bonchev–Trinajstić information content (AvgIpc) is 3.16. The minimum Gasteiger partial charge on any atom is -0.392 e. The first kappa shape index (κ1) is 24.5. The summed E-state index contributed by atoms with van der Waals surface area (Å²) in [5.41, 5.74) is 7.51. The third-order valence-corrected chi connectivity index (χ3v) is 6.84. The lowest BCUT2D eigenvalue weighted by molar-refractivity contribution is -0.138. The van der Waals surface area contributed by atoms with Gasteiger partial charge in [0.15, 0.2) is 0 Å². The van der Waals surface area contributed by atoms with Crippen LogP contribution >= 0.6 is 0 Å². The van der Waals surface area contributed by atoms with Gasteiger partial charge in [0.05, 0.1) is 18.6 Å². The van der Waals surface area contributed by atoms with E-state index in [1.54, 1.807) is 4.90 Å². The molecule has 4 amide bonds. The van der Waals surface area contributed by atoms with E-state index >= 15 is 0 Å². The molecule has 2 aliphatic rings. The zero-order valence-electron chi connectivity index (χ0n) is 19.7. The van der Waals surface area contributed by atoms with Crippen molar-refractivity contribution in [2.45, 2.75) is 49.8 Å². The number of hydrogen-bond acceptors (Lipinski definition) is 5. The topological polar surface area (TPSA) is 125 Å². The maximum atomic E-state index is 13.1. The number of carbonyl (C=O) groups excluding carboxylic acids is 3. The van der Waals surface area contributed by atoms with E-state index in [9.17, 15) is 19.5 Å². The van der Waals surface area contributed by atoms with E-state index < -0.39 is 29.6 Å². The Morgan fingerprint density at radius 2 is 1.69 bits per heavy atom. The number of nitrogens with one attached hydrogen (secondary N) is 2. The fraction of sp³-hybridized carbons (Fsp3) is 0.370. The molecule has 5 N–H and O–H groups in total. The predicted octanol–water partition coefficient (Wildman–Crippen LogP) is 1.47. The largest absolute Gasteiger partial charge is 0.392 e. The maximum absolute atomic E-state index is 13.1. The SMILES string of the molecule is CC(O)C(N)C1(CC(=O)N2CCC(c3ccc(C#Cc4ccccc4)cc3)CC2)NC(=O)NC1=O. The Labute approximate surface area is 204 Å². The van der Waals surface area contributed by atoms with Crippen LogP contribution < -0.4 is 16.4 Å². The van der Waals surface area contributed by atoms with E-state index in [1.165, 1.54) is 12.5 Å². The molecule has 3 atom stereocenters. The van der Waals surface area contributed by atoms with Gasteiger partial charge in [-0.3, -0.25) is 14.9 Å². The van der Waals surface area contributed by atoms with Crippen LogP contribution in [0, 0.1) is 11.8 Å². The van der Waals surface area contributed by atoms with Gasteiger partial charge in [0.2, 0.25) is 5.91 Å². The molecule has 2 saturated heterocycles. The molecule has 4 rings (SSSR count). The molecule has 0 bridgehead atoms. The van der Waals surface area contributed by atoms with Crippen LogP contribution in [0.25, 0.3) is 0 Å². The van der Waals surface area contributed by atoms with Gasteiger partial charge >= 0.3 is 6.03 Å². The van der Waals surface area contributed by atoms with Crippen LogP contribution in [-0.2, 0) is 9.59 Å². The minimum atomic E-state index is -1.66. The van der Waals surface area contributed by atoms with E-state index in [-0.39, 0.29) is 12.3 Å². The maximum Gasteiger partial charge on any atom is 0.322 e. The zero-order chi connectivity index (χ0) is 25.0. The number of imide groups is 1. The molecule has 8 heteroatoms. The Morgan fingerprint density at radius 3 is 2.23 bits per heavy atom. The smallest absolute Gasteiger partial charge is 0.322 e. The summed E-state index contributed by atoms with van der Waals surface area (Å²) in [5, 5.41) is 14.6. The van der Waals surface area contributed by atoms with Crippen LogP contribution in [0.15, 0.2) is 54.6 Å². The first-order valence-electron chi connectivity index (χ1n) is 11.8. The number of nitrogens with zero attached hydrogens (tertiary/aromatic N) is 1. The summed E-state index contributed by atoms with van der Waals surface area (Å²) < 4.78 is 0. The number of piperidine rings is 1. The predicted molar refractivity (Wildman–Crippen MR) is 131 cm³/mol. The number of aliphatic hydroxyl groups is 1. The van der Waals surface area contributed by atoms with Crippen LogP contribution in [0.1, 0.15) is 48.8 Å². The van der Waals surface area contributed by atoms with Crippen LogP contribution in [0.3, 0.4) is 0 Å². The van der Waals surface area contributed by atoms with Crippen molar-refractivity contribution in [1.29, 1.82) is 0 Å². The third-order valence-electron chi connectivity index (χ3n) is 6.84. The van der Waals surface area contributed by atoms with Gasteiger partial charge in [0.1, 0.15) is 5.54 Å². The quantitative estimate of drug-likeness (QED) is 0.386. The zero-order valence-corrected chi connectivity index (χ0v) is 19.7. The highest BCUT2D eigenvalue weighted by atomic mass is 16.3. The lowest BCUT2D eigenvalue weighted by Crippen LogP contribution is -2.65. The van der Waals surface area contributed by atoms with Gasteiger partial charge in [-0.2, -0.15) is 0 Å². The van der Waals surface area contributed by atoms with Crippen LogP contribution in [0.5, 0.6) is 0 Å². The van der Waals surface area contributed by atoms with Crippen molar-refractivity contribution >= 4 is 17.8 Å². The summed E-state index contributed by atoms with van der Waals surface area (Å²) in [4.78, 5) is 39.0. The van der Waals surface area contributed by atoms with E-state index in [0.717, 1.165) is 24.0 Å². The van der Waals surface area contributed by atoms with Crippen molar-refractivity contribution in [2.24, 2.45) is 5.73 Å². The number of carbonyl (C=O) groups is 3. The Hall–Kier alpha value is -3.67. The standard InChI is InChI=1S/C27H30N4O4/c1-18(32)24(28)27(25(34)29-26(35)30-27)17-23(33)31-15-13-22(14-16-31)21-11-9-20(10-12-21)8-7-19-5-3-2-4-6-19/h2-6,9-12,18,22,24,32H,13-17,28H2,1H3,(H2,29,30,34,35). The monoisotopic (exact) mass is 474 g/mol. The molecular weight excluding hydrogens is 444 g/mol. The number of amides is 4. The van der Waals surface area contributed by atoms with Gasteiger partial charge in [-0.1, -0.05) is 42.2 Å². The second-order valence-corrected chi connectivity index (χ2v) is 9.22. The van der Waals surface area contributed by atoms with Crippen molar-refractivity contribution in [2.75, 3.05) is 13.1 Å². The Bertz CT molecular complexity index is 1150. The second-order valence-electron chi connectivity index (χ2n) is 9.22. The molecule has 2 aromatic carbocycles. The molecule has 2 aromatic rings. The van der Waals surface area contributed by atoms with Gasteiger partial charge in [0, 0.05) is 24.2 Å². The van der Waals surface area contributed by atoms with Gasteiger partial charge in [0.25, 0.3) is 5.91 Å². The number of benzene rings is 2. The van der Waals surface area contributed by atoms with Crippen LogP contribution in [0.2, 0.25) is 0 Å². The second kappa shape index (κ2) is 10.3. The molecule has 0 radical (unpaired) electrons. The Balaban J connectivity index is 1.36. The highest BCUT2D eigenvalue weighted by Gasteiger charge is 2.54. The van der Waals surface area contributed by atoms with Crippen molar-refractivity contribution < 1.29 is 19.5 Å². The summed E-state index contributed by atoms with van der Waals surface area (Å²) in [7, 11) is 0. The number of hydrogen-bond donors (Lipinski definition) is 4. The molecule has 0 spiro atoms. The highest BCUT2D eigenvalue weighted by molar-refractivity contribution is 6.09. The van der Waals surface area contributed by atoms with Gasteiger partial charge < -0.3 is 21.1 Å². The Kier molecular flexibility index (Phi) is 7.20. The molecule has 35 heavy (non-hydrogen) atoms. The van der Waals surface area contributed by atoms with Crippen molar-refractivity contribution in [3.63, 3.8) is 0 Å². The molecule has 0 saturated carbocycles. The number of likely N-dealkylation sites (tertiary alicyclic amines) is 1. The van der Waals surface area contributed by atoms with Gasteiger partial charge in [-0.15, -0.1) is 0 Å². The normalized spacial score (nSPS) is 22.0. The van der Waals surface area contributed by atoms with Crippen LogP contribution in [-0.4, -0.2) is 58.6 Å².